The van der Waals surface area contributed by atoms with E-state index in [2.05, 4.69) is 21.4 Å². The topological polar surface area (TPSA) is 61.8 Å². The Hall–Kier alpha value is -2.15. The van der Waals surface area contributed by atoms with Gasteiger partial charge < -0.3 is 19.4 Å². The van der Waals surface area contributed by atoms with Crippen molar-refractivity contribution in [2.75, 3.05) is 58.3 Å². The first kappa shape index (κ1) is 18.6. The van der Waals surface area contributed by atoms with Crippen LogP contribution in [0.1, 0.15) is 24.1 Å². The smallest absolute Gasteiger partial charge is 0.318 e. The summed E-state index contributed by atoms with van der Waals surface area (Å²) in [4.78, 5) is 27.4. The number of carbonyl (C=O) groups excluding carboxylic acids is 1. The second-order valence-corrected chi connectivity index (χ2v) is 7.13. The van der Waals surface area contributed by atoms with Crippen LogP contribution in [0.15, 0.2) is 12.7 Å². The van der Waals surface area contributed by atoms with E-state index in [0.717, 1.165) is 44.0 Å². The Morgan fingerprint density at radius 3 is 2.62 bits per heavy atom. The van der Waals surface area contributed by atoms with Gasteiger partial charge in [-0.1, -0.05) is 6.58 Å². The summed E-state index contributed by atoms with van der Waals surface area (Å²) in [5.41, 5.74) is 2.39. The molecule has 1 aromatic heterocycles. The number of carbonyl (C=O) groups is 1. The maximum atomic E-state index is 11.8. The van der Waals surface area contributed by atoms with Crippen LogP contribution in [0.3, 0.4) is 0 Å². The fourth-order valence-electron chi connectivity index (χ4n) is 3.47. The van der Waals surface area contributed by atoms with Crippen molar-refractivity contribution in [3.8, 4) is 6.01 Å². The van der Waals surface area contributed by atoms with E-state index in [1.807, 2.05) is 19.0 Å². The van der Waals surface area contributed by atoms with Crippen molar-refractivity contribution in [2.24, 2.45) is 0 Å². The van der Waals surface area contributed by atoms with Gasteiger partial charge in [0, 0.05) is 38.3 Å². The lowest BCUT2D eigenvalue weighted by Gasteiger charge is -2.36. The lowest BCUT2D eigenvalue weighted by Crippen LogP contribution is -2.49. The number of anilines is 1. The molecule has 1 aromatic rings. The number of likely N-dealkylation sites (N-methyl/N-ethyl adjacent to an activating group) is 1. The SMILES string of the molecule is C=CC(=O)N1CCN(c2nc(OCCN(C)C)nc3c2CCCC3)CC1. The first-order valence-corrected chi connectivity index (χ1v) is 9.42. The fourth-order valence-corrected chi connectivity index (χ4v) is 3.47. The monoisotopic (exact) mass is 359 g/mol. The van der Waals surface area contributed by atoms with E-state index in [1.54, 1.807) is 0 Å². The van der Waals surface area contributed by atoms with Crippen LogP contribution >= 0.6 is 0 Å². The molecule has 0 aromatic carbocycles. The molecule has 2 aliphatic rings. The Morgan fingerprint density at radius 2 is 1.92 bits per heavy atom. The average Bonchev–Trinajstić information content (AvgIpc) is 2.66. The van der Waals surface area contributed by atoms with Crippen LogP contribution in [0, 0.1) is 0 Å². The van der Waals surface area contributed by atoms with Crippen molar-refractivity contribution in [1.82, 2.24) is 19.8 Å². The molecule has 26 heavy (non-hydrogen) atoms. The van der Waals surface area contributed by atoms with Crippen LogP contribution in [0.5, 0.6) is 6.01 Å². The van der Waals surface area contributed by atoms with Gasteiger partial charge in [0.25, 0.3) is 0 Å². The Morgan fingerprint density at radius 1 is 1.19 bits per heavy atom. The summed E-state index contributed by atoms with van der Waals surface area (Å²) in [5, 5.41) is 0. The third-order valence-electron chi connectivity index (χ3n) is 4.98. The van der Waals surface area contributed by atoms with Crippen LogP contribution in [0.25, 0.3) is 0 Å². The number of rotatable bonds is 6. The highest BCUT2D eigenvalue weighted by Gasteiger charge is 2.26. The van der Waals surface area contributed by atoms with Gasteiger partial charge in [0.15, 0.2) is 0 Å². The predicted molar refractivity (Wildman–Crippen MR) is 102 cm³/mol. The van der Waals surface area contributed by atoms with Gasteiger partial charge in [-0.15, -0.1) is 0 Å². The molecule has 0 atom stereocenters. The molecule has 0 spiro atoms. The predicted octanol–water partition coefficient (Wildman–Crippen LogP) is 1.13. The summed E-state index contributed by atoms with van der Waals surface area (Å²) in [5.74, 6) is 1.00. The molecule has 1 aliphatic carbocycles. The van der Waals surface area contributed by atoms with Gasteiger partial charge in [0.05, 0.1) is 5.69 Å². The van der Waals surface area contributed by atoms with E-state index in [-0.39, 0.29) is 5.91 Å². The number of amides is 1. The second-order valence-electron chi connectivity index (χ2n) is 7.13. The number of hydrogen-bond donors (Lipinski definition) is 0. The van der Waals surface area contributed by atoms with Crippen molar-refractivity contribution >= 4 is 11.7 Å². The number of nitrogens with zero attached hydrogens (tertiary/aromatic N) is 5. The molecular weight excluding hydrogens is 330 g/mol. The lowest BCUT2D eigenvalue weighted by atomic mass is 9.96. The van der Waals surface area contributed by atoms with E-state index in [0.29, 0.717) is 25.7 Å². The van der Waals surface area contributed by atoms with E-state index >= 15 is 0 Å². The van der Waals surface area contributed by atoms with Gasteiger partial charge in [-0.05, 0) is 45.9 Å². The number of aromatic nitrogens is 2. The Labute approximate surface area is 155 Å². The molecule has 3 rings (SSSR count). The summed E-state index contributed by atoms with van der Waals surface area (Å²) in [6.07, 6.45) is 5.75. The normalized spacial score (nSPS) is 17.2. The number of piperazine rings is 1. The molecule has 0 N–H and O–H groups in total. The Balaban J connectivity index is 1.76. The van der Waals surface area contributed by atoms with Crippen LogP contribution < -0.4 is 9.64 Å². The molecule has 1 amide bonds. The molecule has 1 saturated heterocycles. The summed E-state index contributed by atoms with van der Waals surface area (Å²) in [6, 6.07) is 0.479. The van der Waals surface area contributed by atoms with Crippen LogP contribution in [-0.2, 0) is 17.6 Å². The first-order valence-electron chi connectivity index (χ1n) is 9.42. The molecule has 0 bridgehead atoms. The van der Waals surface area contributed by atoms with Crippen LogP contribution in [0.4, 0.5) is 5.82 Å². The van der Waals surface area contributed by atoms with Crippen molar-refractivity contribution in [1.29, 1.82) is 0 Å². The van der Waals surface area contributed by atoms with E-state index in [4.69, 9.17) is 9.72 Å². The lowest BCUT2D eigenvalue weighted by molar-refractivity contribution is -0.126. The molecule has 0 radical (unpaired) electrons. The van der Waals surface area contributed by atoms with Gasteiger partial charge in [-0.2, -0.15) is 9.97 Å². The number of ether oxygens (including phenoxy) is 1. The standard InChI is InChI=1S/C19H29N5O2/c1-4-17(25)23-9-11-24(12-10-23)18-15-7-5-6-8-16(15)20-19(21-18)26-14-13-22(2)3/h4H,1,5-14H2,2-3H3. The quantitative estimate of drug-likeness (QED) is 0.710. The van der Waals surface area contributed by atoms with E-state index < -0.39 is 0 Å². The minimum atomic E-state index is 0.00192. The minimum absolute atomic E-state index is 0.00192. The zero-order chi connectivity index (χ0) is 18.5. The van der Waals surface area contributed by atoms with Gasteiger partial charge in [-0.3, -0.25) is 4.79 Å². The van der Waals surface area contributed by atoms with Crippen molar-refractivity contribution in [3.05, 3.63) is 23.9 Å². The number of aryl methyl sites for hydroxylation is 1. The summed E-state index contributed by atoms with van der Waals surface area (Å²) >= 11 is 0. The molecule has 7 heteroatoms. The molecule has 2 heterocycles. The van der Waals surface area contributed by atoms with Crippen molar-refractivity contribution in [2.45, 2.75) is 25.7 Å². The van der Waals surface area contributed by atoms with Gasteiger partial charge in [0.1, 0.15) is 12.4 Å². The third kappa shape index (κ3) is 4.33. The summed E-state index contributed by atoms with van der Waals surface area (Å²) in [6.45, 7) is 7.93. The van der Waals surface area contributed by atoms with Gasteiger partial charge in [-0.25, -0.2) is 0 Å². The van der Waals surface area contributed by atoms with Crippen molar-refractivity contribution < 1.29 is 9.53 Å². The Kier molecular flexibility index (Phi) is 6.08. The first-order chi connectivity index (χ1) is 12.6. The van der Waals surface area contributed by atoms with Gasteiger partial charge in [0.2, 0.25) is 5.91 Å². The van der Waals surface area contributed by atoms with E-state index in [9.17, 15) is 4.79 Å². The molecule has 0 saturated carbocycles. The molecule has 0 unspecified atom stereocenters. The maximum Gasteiger partial charge on any atom is 0.318 e. The largest absolute Gasteiger partial charge is 0.462 e. The summed E-state index contributed by atoms with van der Waals surface area (Å²) < 4.78 is 5.82. The zero-order valence-corrected chi connectivity index (χ0v) is 15.9. The van der Waals surface area contributed by atoms with Crippen molar-refractivity contribution in [3.63, 3.8) is 0 Å². The fraction of sp³-hybridized carbons (Fsp3) is 0.632. The molecule has 142 valence electrons. The number of hydrogen-bond acceptors (Lipinski definition) is 6. The highest BCUT2D eigenvalue weighted by molar-refractivity contribution is 5.87. The summed E-state index contributed by atoms with van der Waals surface area (Å²) in [7, 11) is 4.04. The second kappa shape index (κ2) is 8.49. The molecule has 7 nitrogen and oxygen atoms in total. The van der Waals surface area contributed by atoms with E-state index in [1.165, 1.54) is 24.5 Å². The highest BCUT2D eigenvalue weighted by Crippen LogP contribution is 2.30. The van der Waals surface area contributed by atoms with Crippen LogP contribution in [0.2, 0.25) is 0 Å². The Bertz CT molecular complexity index is 654. The molecule has 1 fully saturated rings. The van der Waals surface area contributed by atoms with Gasteiger partial charge >= 0.3 is 6.01 Å². The highest BCUT2D eigenvalue weighted by atomic mass is 16.5. The molecular formula is C19H29N5O2. The minimum Gasteiger partial charge on any atom is -0.462 e. The molecule has 1 aliphatic heterocycles. The maximum absolute atomic E-state index is 11.8. The average molecular weight is 359 g/mol. The third-order valence-corrected chi connectivity index (χ3v) is 4.98. The zero-order valence-electron chi connectivity index (χ0n) is 15.9. The van der Waals surface area contributed by atoms with Crippen LogP contribution in [-0.4, -0.2) is 79.1 Å². The number of fused-ring (bicyclic) bond motifs is 1.